The Morgan fingerprint density at radius 3 is 3.00 bits per heavy atom. The maximum atomic E-state index is 11.4. The Hall–Kier alpha value is -1.82. The molecule has 0 aromatic carbocycles. The summed E-state index contributed by atoms with van der Waals surface area (Å²) in [7, 11) is 1.41. The quantitative estimate of drug-likeness (QED) is 0.466. The van der Waals surface area contributed by atoms with E-state index in [0.717, 1.165) is 35.6 Å². The summed E-state index contributed by atoms with van der Waals surface area (Å²) in [4.78, 5) is 27.2. The first-order chi connectivity index (χ1) is 10.2. The number of carbonyl (C=O) groups is 2. The van der Waals surface area contributed by atoms with Crippen LogP contribution in [0.4, 0.5) is 0 Å². The number of nitrogens with zero attached hydrogens (tertiary/aromatic N) is 2. The zero-order valence-corrected chi connectivity index (χ0v) is 12.6. The first kappa shape index (κ1) is 14.1. The van der Waals surface area contributed by atoms with Crippen LogP contribution in [0.2, 0.25) is 0 Å². The maximum Gasteiger partial charge on any atom is 0.306 e. The van der Waals surface area contributed by atoms with Crippen molar-refractivity contribution in [3.63, 3.8) is 0 Å². The van der Waals surface area contributed by atoms with E-state index in [1.807, 2.05) is 24.4 Å². The molecule has 2 aromatic rings. The molecule has 0 N–H and O–H groups in total. The first-order valence-corrected chi connectivity index (χ1v) is 7.78. The summed E-state index contributed by atoms with van der Waals surface area (Å²) in [6, 6.07) is 5.64. The molecule has 0 amide bonds. The number of ether oxygens (including phenoxy) is 1. The van der Waals surface area contributed by atoms with E-state index in [4.69, 9.17) is 4.74 Å². The lowest BCUT2D eigenvalue weighted by Gasteiger charge is -2.12. The highest BCUT2D eigenvalue weighted by Gasteiger charge is 2.44. The van der Waals surface area contributed by atoms with Crippen molar-refractivity contribution in [3.8, 4) is 0 Å². The van der Waals surface area contributed by atoms with Crippen LogP contribution in [0, 0.1) is 5.41 Å². The third-order valence-electron chi connectivity index (χ3n) is 3.86. The van der Waals surface area contributed by atoms with Crippen LogP contribution in [0.5, 0.6) is 0 Å². The summed E-state index contributed by atoms with van der Waals surface area (Å²) in [6.07, 6.45) is 5.16. The minimum atomic E-state index is -0.168. The molecule has 1 saturated carbocycles. The molecule has 0 aliphatic heterocycles. The van der Waals surface area contributed by atoms with E-state index in [1.54, 1.807) is 16.2 Å². The number of methoxy groups -OCH3 is 1. The summed E-state index contributed by atoms with van der Waals surface area (Å²) in [6.45, 7) is 0. The third-order valence-corrected chi connectivity index (χ3v) is 5.19. The second-order valence-electron chi connectivity index (χ2n) is 5.39. The van der Waals surface area contributed by atoms with Gasteiger partial charge in [0, 0.05) is 11.9 Å². The molecule has 0 radical (unpaired) electrons. The van der Waals surface area contributed by atoms with E-state index in [0.29, 0.717) is 12.1 Å². The molecule has 110 valence electrons. The van der Waals surface area contributed by atoms with Crippen LogP contribution in [0.3, 0.4) is 0 Å². The second-order valence-corrected chi connectivity index (χ2v) is 6.35. The molecule has 0 unspecified atom stereocenters. The van der Waals surface area contributed by atoms with Gasteiger partial charge in [-0.05, 0) is 30.4 Å². The molecule has 2 aromatic heterocycles. The average molecular weight is 304 g/mol. The lowest BCUT2D eigenvalue weighted by molar-refractivity contribution is -0.141. The summed E-state index contributed by atoms with van der Waals surface area (Å²) in [5, 5.41) is 0.729. The van der Waals surface area contributed by atoms with Crippen molar-refractivity contribution in [1.82, 2.24) is 9.38 Å². The molecule has 1 fully saturated rings. The number of imidazole rings is 1. The van der Waals surface area contributed by atoms with Gasteiger partial charge in [0.2, 0.25) is 0 Å². The van der Waals surface area contributed by atoms with E-state index in [9.17, 15) is 9.59 Å². The van der Waals surface area contributed by atoms with Crippen molar-refractivity contribution in [2.45, 2.75) is 24.3 Å². The predicted molar refractivity (Wildman–Crippen MR) is 79.6 cm³/mol. The van der Waals surface area contributed by atoms with Gasteiger partial charge in [0.1, 0.15) is 16.4 Å². The number of hydrogen-bond donors (Lipinski definition) is 0. The zero-order chi connectivity index (χ0) is 14.9. The Morgan fingerprint density at radius 2 is 2.33 bits per heavy atom. The average Bonchev–Trinajstić information content (AvgIpc) is 3.16. The number of carbonyl (C=O) groups excluding carboxylic acids is 2. The van der Waals surface area contributed by atoms with Gasteiger partial charge in [-0.2, -0.15) is 0 Å². The van der Waals surface area contributed by atoms with Crippen molar-refractivity contribution < 1.29 is 14.3 Å². The smallest absolute Gasteiger partial charge is 0.306 e. The van der Waals surface area contributed by atoms with Crippen LogP contribution < -0.4 is 0 Å². The summed E-state index contributed by atoms with van der Waals surface area (Å²) in [5.74, 6) is 0.617. The first-order valence-electron chi connectivity index (χ1n) is 6.79. The standard InChI is InChI=1S/C15H16N2O3S/c1-20-13(19)8-15(5-6-15)10-21-14-11(9-18)17-7-3-2-4-12(17)16-14/h2-4,7,9H,5-6,8,10H2,1H3. The van der Waals surface area contributed by atoms with Crippen molar-refractivity contribution in [2.75, 3.05) is 12.9 Å². The molecule has 1 aliphatic rings. The van der Waals surface area contributed by atoms with Gasteiger partial charge in [-0.3, -0.25) is 14.0 Å². The molecule has 21 heavy (non-hydrogen) atoms. The lowest BCUT2D eigenvalue weighted by atomic mass is 10.1. The van der Waals surface area contributed by atoms with Crippen molar-refractivity contribution in [2.24, 2.45) is 5.41 Å². The highest BCUT2D eigenvalue weighted by atomic mass is 32.2. The van der Waals surface area contributed by atoms with Crippen LogP contribution in [0.25, 0.3) is 5.65 Å². The molecule has 0 spiro atoms. The Morgan fingerprint density at radius 1 is 1.52 bits per heavy atom. The Bertz CT molecular complexity index is 691. The van der Waals surface area contributed by atoms with Crippen molar-refractivity contribution in [3.05, 3.63) is 30.1 Å². The third kappa shape index (κ3) is 2.81. The van der Waals surface area contributed by atoms with Crippen LogP contribution in [0.1, 0.15) is 29.8 Å². The highest BCUT2D eigenvalue weighted by Crippen LogP contribution is 2.52. The number of aldehydes is 1. The Kier molecular flexibility index (Phi) is 3.71. The van der Waals surface area contributed by atoms with Gasteiger partial charge in [0.05, 0.1) is 13.5 Å². The van der Waals surface area contributed by atoms with Crippen molar-refractivity contribution in [1.29, 1.82) is 0 Å². The monoisotopic (exact) mass is 304 g/mol. The number of aromatic nitrogens is 2. The van der Waals surface area contributed by atoms with Gasteiger partial charge in [0.15, 0.2) is 6.29 Å². The number of thioether (sulfide) groups is 1. The number of esters is 1. The molecule has 2 heterocycles. The van der Waals surface area contributed by atoms with E-state index in [1.165, 1.54) is 7.11 Å². The molecule has 6 heteroatoms. The fourth-order valence-corrected chi connectivity index (χ4v) is 3.64. The van der Waals surface area contributed by atoms with E-state index < -0.39 is 0 Å². The van der Waals surface area contributed by atoms with Gasteiger partial charge in [-0.15, -0.1) is 11.8 Å². The minimum Gasteiger partial charge on any atom is -0.469 e. The second kappa shape index (κ2) is 5.52. The van der Waals surface area contributed by atoms with Crippen LogP contribution in [0.15, 0.2) is 29.4 Å². The normalized spacial score (nSPS) is 15.9. The lowest BCUT2D eigenvalue weighted by Crippen LogP contribution is -2.13. The predicted octanol–water partition coefficient (Wildman–Crippen LogP) is 2.58. The fourth-order valence-electron chi connectivity index (χ4n) is 2.36. The van der Waals surface area contributed by atoms with Crippen LogP contribution in [-0.4, -0.2) is 34.5 Å². The van der Waals surface area contributed by atoms with Gasteiger partial charge in [-0.1, -0.05) is 6.07 Å². The van der Waals surface area contributed by atoms with Gasteiger partial charge in [-0.25, -0.2) is 4.98 Å². The fraction of sp³-hybridized carbons (Fsp3) is 0.400. The molecule has 0 saturated heterocycles. The number of rotatable bonds is 6. The van der Waals surface area contributed by atoms with Gasteiger partial charge >= 0.3 is 5.97 Å². The summed E-state index contributed by atoms with van der Waals surface area (Å²) < 4.78 is 6.53. The Balaban J connectivity index is 1.76. The molecule has 1 aliphatic carbocycles. The van der Waals surface area contributed by atoms with Gasteiger partial charge < -0.3 is 4.74 Å². The molecular weight excluding hydrogens is 288 g/mol. The SMILES string of the molecule is COC(=O)CC1(CSc2nc3ccccn3c2C=O)CC1. The molecule has 5 nitrogen and oxygen atoms in total. The zero-order valence-electron chi connectivity index (χ0n) is 11.7. The maximum absolute atomic E-state index is 11.4. The Labute approximate surface area is 126 Å². The molecular formula is C15H16N2O3S. The number of hydrogen-bond acceptors (Lipinski definition) is 5. The molecule has 0 bridgehead atoms. The van der Waals surface area contributed by atoms with E-state index in [-0.39, 0.29) is 11.4 Å². The molecule has 0 atom stereocenters. The van der Waals surface area contributed by atoms with Gasteiger partial charge in [0.25, 0.3) is 0 Å². The number of fused-ring (bicyclic) bond motifs is 1. The largest absolute Gasteiger partial charge is 0.469 e. The minimum absolute atomic E-state index is 0.0215. The van der Waals surface area contributed by atoms with Crippen LogP contribution >= 0.6 is 11.8 Å². The summed E-state index contributed by atoms with van der Waals surface area (Å²) in [5.41, 5.74) is 1.36. The molecule has 3 rings (SSSR count). The van der Waals surface area contributed by atoms with Crippen molar-refractivity contribution >= 4 is 29.7 Å². The number of pyridine rings is 1. The van der Waals surface area contributed by atoms with E-state index >= 15 is 0 Å². The van der Waals surface area contributed by atoms with E-state index in [2.05, 4.69) is 4.98 Å². The topological polar surface area (TPSA) is 60.7 Å². The van der Waals surface area contributed by atoms with Crippen LogP contribution in [-0.2, 0) is 9.53 Å². The summed E-state index contributed by atoms with van der Waals surface area (Å²) >= 11 is 1.55. The highest BCUT2D eigenvalue weighted by molar-refractivity contribution is 7.99.